The molecule has 2 rings (SSSR count). The first kappa shape index (κ1) is 12.7. The Balaban J connectivity index is 1.83. The molecular formula is C13H18FNOS. The molecule has 0 spiro atoms. The number of phenolic OH excluding ortho intramolecular Hbond substituents is 1. The maximum absolute atomic E-state index is 13.1. The molecular weight excluding hydrogens is 237 g/mol. The fourth-order valence-electron chi connectivity index (χ4n) is 2.12. The molecule has 0 bridgehead atoms. The van der Waals surface area contributed by atoms with E-state index in [9.17, 15) is 4.39 Å². The third-order valence-electron chi connectivity index (χ3n) is 3.49. The third kappa shape index (κ3) is 2.93. The molecule has 2 nitrogen and oxygen atoms in total. The molecule has 4 heteroatoms. The third-order valence-corrected chi connectivity index (χ3v) is 4.90. The van der Waals surface area contributed by atoms with Crippen molar-refractivity contribution in [2.45, 2.75) is 30.6 Å². The lowest BCUT2D eigenvalue weighted by Crippen LogP contribution is -2.43. The van der Waals surface area contributed by atoms with Gasteiger partial charge in [-0.05, 0) is 36.8 Å². The predicted octanol–water partition coefficient (Wildman–Crippen LogP) is 2.91. The van der Waals surface area contributed by atoms with Crippen LogP contribution < -0.4 is 5.32 Å². The number of hydrogen-bond acceptors (Lipinski definition) is 3. The molecule has 94 valence electrons. The minimum atomic E-state index is -0.549. The van der Waals surface area contributed by atoms with Crippen LogP contribution in [-0.4, -0.2) is 22.7 Å². The minimum Gasteiger partial charge on any atom is -0.505 e. The second-order valence-electron chi connectivity index (χ2n) is 4.63. The first-order valence-electron chi connectivity index (χ1n) is 5.88. The number of thioether (sulfide) groups is 1. The van der Waals surface area contributed by atoms with Crippen LogP contribution in [-0.2, 0) is 6.54 Å². The second-order valence-corrected chi connectivity index (χ2v) is 5.90. The Bertz CT molecular complexity index is 387. The average Bonchev–Trinajstić information content (AvgIpc) is 2.27. The highest BCUT2D eigenvalue weighted by Gasteiger charge is 2.35. The normalized spacial score (nSPS) is 17.8. The number of rotatable bonds is 5. The van der Waals surface area contributed by atoms with Gasteiger partial charge in [0.1, 0.15) is 0 Å². The van der Waals surface area contributed by atoms with Crippen molar-refractivity contribution in [1.82, 2.24) is 5.32 Å². The molecule has 0 heterocycles. The minimum absolute atomic E-state index is 0.284. The number of nitrogens with one attached hydrogen (secondary N) is 1. The maximum atomic E-state index is 13.1. The van der Waals surface area contributed by atoms with E-state index in [1.807, 2.05) is 11.8 Å². The van der Waals surface area contributed by atoms with Crippen molar-refractivity contribution in [3.8, 4) is 5.75 Å². The van der Waals surface area contributed by atoms with Crippen molar-refractivity contribution in [2.24, 2.45) is 0 Å². The quantitative estimate of drug-likeness (QED) is 0.848. The van der Waals surface area contributed by atoms with Crippen molar-refractivity contribution in [2.75, 3.05) is 12.8 Å². The molecule has 0 aliphatic heterocycles. The average molecular weight is 255 g/mol. The zero-order valence-corrected chi connectivity index (χ0v) is 10.8. The van der Waals surface area contributed by atoms with Gasteiger partial charge in [0.25, 0.3) is 0 Å². The Morgan fingerprint density at radius 2 is 2.24 bits per heavy atom. The molecule has 0 radical (unpaired) electrons. The first-order chi connectivity index (χ1) is 8.15. The second kappa shape index (κ2) is 5.27. The fraction of sp³-hybridized carbons (Fsp3) is 0.538. The summed E-state index contributed by atoms with van der Waals surface area (Å²) >= 11 is 1.92. The summed E-state index contributed by atoms with van der Waals surface area (Å²) < 4.78 is 13.5. The van der Waals surface area contributed by atoms with Gasteiger partial charge in [0.2, 0.25) is 0 Å². The number of phenols is 1. The fourth-order valence-corrected chi connectivity index (χ4v) is 3.06. The van der Waals surface area contributed by atoms with Crippen LogP contribution in [0.4, 0.5) is 4.39 Å². The van der Waals surface area contributed by atoms with E-state index in [0.717, 1.165) is 12.1 Å². The highest BCUT2D eigenvalue weighted by molar-refractivity contribution is 8.00. The van der Waals surface area contributed by atoms with Crippen LogP contribution in [0.3, 0.4) is 0 Å². The summed E-state index contributed by atoms with van der Waals surface area (Å²) in [5.41, 5.74) is 0.871. The summed E-state index contributed by atoms with van der Waals surface area (Å²) in [6.45, 7) is 1.62. The van der Waals surface area contributed by atoms with Crippen LogP contribution in [0.1, 0.15) is 24.8 Å². The largest absolute Gasteiger partial charge is 0.505 e. The van der Waals surface area contributed by atoms with E-state index in [2.05, 4.69) is 11.6 Å². The van der Waals surface area contributed by atoms with Crippen molar-refractivity contribution in [3.05, 3.63) is 29.6 Å². The van der Waals surface area contributed by atoms with Gasteiger partial charge in [0.05, 0.1) is 0 Å². The summed E-state index contributed by atoms with van der Waals surface area (Å²) in [6, 6.07) is 4.53. The number of aromatic hydroxyl groups is 1. The Morgan fingerprint density at radius 3 is 2.76 bits per heavy atom. The Morgan fingerprint density at radius 1 is 1.47 bits per heavy atom. The highest BCUT2D eigenvalue weighted by atomic mass is 32.2. The van der Waals surface area contributed by atoms with Crippen molar-refractivity contribution < 1.29 is 9.50 Å². The lowest BCUT2D eigenvalue weighted by Gasteiger charge is -2.40. The molecule has 2 N–H and O–H groups in total. The Kier molecular flexibility index (Phi) is 3.94. The van der Waals surface area contributed by atoms with E-state index in [0.29, 0.717) is 11.3 Å². The molecule has 1 aromatic rings. The van der Waals surface area contributed by atoms with E-state index >= 15 is 0 Å². The molecule has 1 aliphatic carbocycles. The molecule has 0 aromatic heterocycles. The van der Waals surface area contributed by atoms with Crippen LogP contribution in [0.25, 0.3) is 0 Å². The maximum Gasteiger partial charge on any atom is 0.165 e. The van der Waals surface area contributed by atoms with Crippen LogP contribution in [0.5, 0.6) is 5.75 Å². The zero-order chi connectivity index (χ0) is 12.3. The lowest BCUT2D eigenvalue weighted by atomic mass is 9.84. The molecule has 0 saturated heterocycles. The standard InChI is InChI=1S/C13H18FNOS/c1-17-13(5-2-6-13)9-15-8-10-3-4-12(16)11(14)7-10/h3-4,7,15-16H,2,5-6,8-9H2,1H3. The lowest BCUT2D eigenvalue weighted by molar-refractivity contribution is 0.345. The summed E-state index contributed by atoms with van der Waals surface area (Å²) in [5, 5.41) is 12.5. The van der Waals surface area contributed by atoms with Crippen molar-refractivity contribution in [3.63, 3.8) is 0 Å². The van der Waals surface area contributed by atoms with Gasteiger partial charge in [-0.15, -0.1) is 0 Å². The molecule has 1 saturated carbocycles. The molecule has 1 fully saturated rings. The van der Waals surface area contributed by atoms with Gasteiger partial charge in [-0.3, -0.25) is 0 Å². The van der Waals surface area contributed by atoms with E-state index < -0.39 is 5.82 Å². The smallest absolute Gasteiger partial charge is 0.165 e. The summed E-state index contributed by atoms with van der Waals surface area (Å²) in [4.78, 5) is 0. The Hall–Kier alpha value is -0.740. The first-order valence-corrected chi connectivity index (χ1v) is 7.11. The topological polar surface area (TPSA) is 32.3 Å². The SMILES string of the molecule is CSC1(CNCc2ccc(O)c(F)c2)CCC1. The van der Waals surface area contributed by atoms with Crippen molar-refractivity contribution >= 4 is 11.8 Å². The van der Waals surface area contributed by atoms with Gasteiger partial charge in [0, 0.05) is 17.8 Å². The van der Waals surface area contributed by atoms with Crippen LogP contribution in [0.15, 0.2) is 18.2 Å². The van der Waals surface area contributed by atoms with Gasteiger partial charge >= 0.3 is 0 Å². The summed E-state index contributed by atoms with van der Waals surface area (Å²) in [7, 11) is 0. The Labute approximate surface area is 106 Å². The van der Waals surface area contributed by atoms with E-state index in [-0.39, 0.29) is 5.75 Å². The van der Waals surface area contributed by atoms with E-state index in [1.54, 1.807) is 6.07 Å². The monoisotopic (exact) mass is 255 g/mol. The highest BCUT2D eigenvalue weighted by Crippen LogP contribution is 2.42. The number of benzene rings is 1. The van der Waals surface area contributed by atoms with Crippen LogP contribution >= 0.6 is 11.8 Å². The van der Waals surface area contributed by atoms with Crippen LogP contribution in [0, 0.1) is 5.82 Å². The summed E-state index contributed by atoms with van der Waals surface area (Å²) in [6.07, 6.45) is 6.01. The van der Waals surface area contributed by atoms with Gasteiger partial charge in [0.15, 0.2) is 11.6 Å². The van der Waals surface area contributed by atoms with E-state index in [4.69, 9.17) is 5.11 Å². The molecule has 0 atom stereocenters. The molecule has 0 amide bonds. The zero-order valence-electron chi connectivity index (χ0n) is 10.0. The summed E-state index contributed by atoms with van der Waals surface area (Å²) in [5.74, 6) is -0.833. The van der Waals surface area contributed by atoms with Gasteiger partial charge in [-0.2, -0.15) is 11.8 Å². The van der Waals surface area contributed by atoms with Gasteiger partial charge in [-0.25, -0.2) is 4.39 Å². The molecule has 0 unspecified atom stereocenters. The van der Waals surface area contributed by atoms with Gasteiger partial charge < -0.3 is 10.4 Å². The number of halogens is 1. The van der Waals surface area contributed by atoms with Crippen molar-refractivity contribution in [1.29, 1.82) is 0 Å². The van der Waals surface area contributed by atoms with Gasteiger partial charge in [-0.1, -0.05) is 12.5 Å². The molecule has 17 heavy (non-hydrogen) atoms. The number of hydrogen-bond donors (Lipinski definition) is 2. The molecule has 1 aromatic carbocycles. The van der Waals surface area contributed by atoms with Crippen LogP contribution in [0.2, 0.25) is 0 Å². The predicted molar refractivity (Wildman–Crippen MR) is 69.9 cm³/mol. The van der Waals surface area contributed by atoms with E-state index in [1.165, 1.54) is 31.4 Å². The molecule has 1 aliphatic rings.